The summed E-state index contributed by atoms with van der Waals surface area (Å²) >= 11 is 0. The van der Waals surface area contributed by atoms with Gasteiger partial charge in [-0.15, -0.1) is 0 Å². The van der Waals surface area contributed by atoms with Crippen molar-refractivity contribution in [3.8, 4) is 0 Å². The Morgan fingerprint density at radius 1 is 1.45 bits per heavy atom. The van der Waals surface area contributed by atoms with Gasteiger partial charge < -0.3 is 14.8 Å². The molecule has 1 saturated heterocycles. The molecule has 5 heteroatoms. The number of imidazole rings is 1. The first-order valence-electron chi connectivity index (χ1n) is 7.73. The highest BCUT2D eigenvalue weighted by molar-refractivity contribution is 5.74. The number of urea groups is 1. The zero-order valence-corrected chi connectivity index (χ0v) is 12.4. The zero-order valence-electron chi connectivity index (χ0n) is 12.4. The Balaban J connectivity index is 1.62. The maximum atomic E-state index is 11.8. The molecule has 20 heavy (non-hydrogen) atoms. The molecule has 2 aliphatic rings. The summed E-state index contributed by atoms with van der Waals surface area (Å²) < 4.78 is 2.38. The van der Waals surface area contributed by atoms with Crippen molar-refractivity contribution in [3.63, 3.8) is 0 Å². The molecule has 2 heterocycles. The Morgan fingerprint density at radius 3 is 2.95 bits per heavy atom. The van der Waals surface area contributed by atoms with Crippen LogP contribution in [0.25, 0.3) is 0 Å². The van der Waals surface area contributed by atoms with Gasteiger partial charge in [0.25, 0.3) is 0 Å². The van der Waals surface area contributed by atoms with Gasteiger partial charge in [-0.2, -0.15) is 0 Å². The fourth-order valence-corrected chi connectivity index (χ4v) is 3.07. The van der Waals surface area contributed by atoms with E-state index in [1.165, 1.54) is 24.4 Å². The van der Waals surface area contributed by atoms with Crippen LogP contribution in [0.3, 0.4) is 0 Å². The second kappa shape index (κ2) is 5.46. The topological polar surface area (TPSA) is 50.2 Å². The molecule has 0 aromatic carbocycles. The lowest BCUT2D eigenvalue weighted by atomic mass is 10.1. The molecule has 1 aliphatic carbocycles. The monoisotopic (exact) mass is 276 g/mol. The third-order valence-electron chi connectivity index (χ3n) is 4.37. The van der Waals surface area contributed by atoms with E-state index in [2.05, 4.69) is 21.8 Å². The van der Waals surface area contributed by atoms with Crippen LogP contribution in [0.2, 0.25) is 0 Å². The van der Waals surface area contributed by atoms with E-state index in [0.29, 0.717) is 18.4 Å². The Hall–Kier alpha value is -1.52. The first-order valence-corrected chi connectivity index (χ1v) is 7.73. The third-order valence-corrected chi connectivity index (χ3v) is 4.37. The Morgan fingerprint density at radius 2 is 2.25 bits per heavy atom. The Labute approximate surface area is 120 Å². The van der Waals surface area contributed by atoms with Crippen molar-refractivity contribution >= 4 is 6.03 Å². The minimum Gasteiger partial charge on any atom is -0.338 e. The standard InChI is InChI=1S/C15H24N4O/c1-3-16-15(20)18-7-6-12(9-18)10-19-11(2)8-17-14(19)13-4-5-13/h8,12-13H,3-7,9-10H2,1-2H3,(H,16,20). The first-order chi connectivity index (χ1) is 9.69. The van der Waals surface area contributed by atoms with Crippen LogP contribution in [0.15, 0.2) is 6.20 Å². The number of rotatable bonds is 4. The summed E-state index contributed by atoms with van der Waals surface area (Å²) in [4.78, 5) is 18.4. The molecule has 1 N–H and O–H groups in total. The van der Waals surface area contributed by atoms with Gasteiger partial charge in [-0.3, -0.25) is 0 Å². The summed E-state index contributed by atoms with van der Waals surface area (Å²) in [6.07, 6.45) is 5.65. The maximum Gasteiger partial charge on any atom is 0.317 e. The fourth-order valence-electron chi connectivity index (χ4n) is 3.07. The molecule has 5 nitrogen and oxygen atoms in total. The summed E-state index contributed by atoms with van der Waals surface area (Å²) in [7, 11) is 0. The van der Waals surface area contributed by atoms with Gasteiger partial charge in [0, 0.05) is 44.0 Å². The van der Waals surface area contributed by atoms with Gasteiger partial charge in [-0.1, -0.05) is 0 Å². The van der Waals surface area contributed by atoms with E-state index in [0.717, 1.165) is 26.1 Å². The highest BCUT2D eigenvalue weighted by Gasteiger charge is 2.31. The molecular weight excluding hydrogens is 252 g/mol. The summed E-state index contributed by atoms with van der Waals surface area (Å²) in [6, 6.07) is 0.0831. The van der Waals surface area contributed by atoms with Crippen molar-refractivity contribution in [2.75, 3.05) is 19.6 Å². The minimum absolute atomic E-state index is 0.0831. The highest BCUT2D eigenvalue weighted by atomic mass is 16.2. The van der Waals surface area contributed by atoms with Gasteiger partial charge in [0.15, 0.2) is 0 Å². The number of aryl methyl sites for hydroxylation is 1. The lowest BCUT2D eigenvalue weighted by molar-refractivity contribution is 0.207. The number of hydrogen-bond acceptors (Lipinski definition) is 2. The smallest absolute Gasteiger partial charge is 0.317 e. The lowest BCUT2D eigenvalue weighted by Crippen LogP contribution is -2.38. The summed E-state index contributed by atoms with van der Waals surface area (Å²) in [6.45, 7) is 7.55. The normalized spacial score (nSPS) is 22.3. The zero-order chi connectivity index (χ0) is 14.1. The van der Waals surface area contributed by atoms with Crippen LogP contribution in [-0.2, 0) is 6.54 Å². The maximum absolute atomic E-state index is 11.8. The lowest BCUT2D eigenvalue weighted by Gasteiger charge is -2.18. The van der Waals surface area contributed by atoms with Gasteiger partial charge in [0.05, 0.1) is 0 Å². The molecule has 110 valence electrons. The predicted octanol–water partition coefficient (Wildman–Crippen LogP) is 2.12. The van der Waals surface area contributed by atoms with E-state index in [1.54, 1.807) is 0 Å². The number of aromatic nitrogens is 2. The van der Waals surface area contributed by atoms with Gasteiger partial charge in [0.1, 0.15) is 5.82 Å². The molecule has 1 aromatic rings. The van der Waals surface area contributed by atoms with Gasteiger partial charge in [0.2, 0.25) is 0 Å². The summed E-state index contributed by atoms with van der Waals surface area (Å²) in [5, 5.41) is 2.89. The van der Waals surface area contributed by atoms with E-state index in [-0.39, 0.29) is 6.03 Å². The molecule has 2 amide bonds. The molecule has 2 fully saturated rings. The number of likely N-dealkylation sites (tertiary alicyclic amines) is 1. The van der Waals surface area contributed by atoms with Crippen molar-refractivity contribution < 1.29 is 4.79 Å². The van der Waals surface area contributed by atoms with E-state index in [1.807, 2.05) is 18.0 Å². The SMILES string of the molecule is CCNC(=O)N1CCC(Cn2c(C)cnc2C2CC2)C1. The number of nitrogens with one attached hydrogen (secondary N) is 1. The number of amides is 2. The van der Waals surface area contributed by atoms with Crippen molar-refractivity contribution in [1.82, 2.24) is 19.8 Å². The molecule has 1 aromatic heterocycles. The third kappa shape index (κ3) is 2.67. The van der Waals surface area contributed by atoms with Gasteiger partial charge in [-0.25, -0.2) is 9.78 Å². The predicted molar refractivity (Wildman–Crippen MR) is 77.7 cm³/mol. The number of hydrogen-bond donors (Lipinski definition) is 1. The summed E-state index contributed by atoms with van der Waals surface area (Å²) in [5.41, 5.74) is 1.25. The highest BCUT2D eigenvalue weighted by Crippen LogP contribution is 2.39. The quantitative estimate of drug-likeness (QED) is 0.915. The van der Waals surface area contributed by atoms with Crippen molar-refractivity contribution in [2.45, 2.75) is 45.6 Å². The number of carbonyl (C=O) groups is 1. The van der Waals surface area contributed by atoms with Gasteiger partial charge >= 0.3 is 6.03 Å². The molecular formula is C15H24N4O. The second-order valence-electron chi connectivity index (χ2n) is 6.08. The molecule has 1 atom stereocenters. The molecule has 0 radical (unpaired) electrons. The first kappa shape index (κ1) is 13.5. The number of carbonyl (C=O) groups excluding carboxylic acids is 1. The van der Waals surface area contributed by atoms with E-state index < -0.39 is 0 Å². The van der Waals surface area contributed by atoms with Crippen LogP contribution in [0.5, 0.6) is 0 Å². The van der Waals surface area contributed by atoms with Crippen LogP contribution in [0, 0.1) is 12.8 Å². The minimum atomic E-state index is 0.0831. The molecule has 1 unspecified atom stereocenters. The molecule has 3 rings (SSSR count). The average Bonchev–Trinajstić information content (AvgIpc) is 3.05. The summed E-state index contributed by atoms with van der Waals surface area (Å²) in [5.74, 6) is 2.51. The average molecular weight is 276 g/mol. The van der Waals surface area contributed by atoms with Crippen LogP contribution < -0.4 is 5.32 Å². The molecule has 1 aliphatic heterocycles. The van der Waals surface area contributed by atoms with E-state index in [4.69, 9.17) is 0 Å². The van der Waals surface area contributed by atoms with Crippen LogP contribution in [0.4, 0.5) is 4.79 Å². The number of nitrogens with zero attached hydrogens (tertiary/aromatic N) is 3. The molecule has 0 spiro atoms. The molecule has 1 saturated carbocycles. The molecule has 0 bridgehead atoms. The largest absolute Gasteiger partial charge is 0.338 e. The Kier molecular flexibility index (Phi) is 3.68. The van der Waals surface area contributed by atoms with Crippen LogP contribution >= 0.6 is 0 Å². The van der Waals surface area contributed by atoms with E-state index in [9.17, 15) is 4.79 Å². The van der Waals surface area contributed by atoms with E-state index >= 15 is 0 Å². The van der Waals surface area contributed by atoms with Crippen molar-refractivity contribution in [1.29, 1.82) is 0 Å². The van der Waals surface area contributed by atoms with Crippen molar-refractivity contribution in [3.05, 3.63) is 17.7 Å². The second-order valence-corrected chi connectivity index (χ2v) is 6.08. The fraction of sp³-hybridized carbons (Fsp3) is 0.733. The Bertz CT molecular complexity index is 492. The van der Waals surface area contributed by atoms with Crippen molar-refractivity contribution in [2.24, 2.45) is 5.92 Å². The van der Waals surface area contributed by atoms with Crippen LogP contribution in [-0.4, -0.2) is 40.1 Å². The van der Waals surface area contributed by atoms with Crippen LogP contribution in [0.1, 0.15) is 43.6 Å². The van der Waals surface area contributed by atoms with Gasteiger partial charge in [-0.05, 0) is 39.0 Å².